The van der Waals surface area contributed by atoms with Crippen LogP contribution in [0.25, 0.3) is 0 Å². The smallest absolute Gasteiger partial charge is 0.254 e. The van der Waals surface area contributed by atoms with Crippen molar-refractivity contribution in [3.63, 3.8) is 0 Å². The second-order valence-corrected chi connectivity index (χ2v) is 5.67. The highest BCUT2D eigenvalue weighted by Gasteiger charge is 2.34. The van der Waals surface area contributed by atoms with Crippen molar-refractivity contribution in [3.05, 3.63) is 34.6 Å². The van der Waals surface area contributed by atoms with Gasteiger partial charge in [-0.3, -0.25) is 4.79 Å². The first-order valence-corrected chi connectivity index (χ1v) is 7.36. The lowest BCUT2D eigenvalue weighted by Gasteiger charge is -2.25. The van der Waals surface area contributed by atoms with Gasteiger partial charge in [-0.2, -0.15) is 0 Å². The summed E-state index contributed by atoms with van der Waals surface area (Å²) in [6, 6.07) is 4.31. The van der Waals surface area contributed by atoms with E-state index in [9.17, 15) is 9.18 Å². The highest BCUT2D eigenvalue weighted by molar-refractivity contribution is 9.09. The van der Waals surface area contributed by atoms with E-state index in [0.717, 1.165) is 18.3 Å². The molecule has 5 heteroatoms. The summed E-state index contributed by atoms with van der Waals surface area (Å²) >= 11 is 9.15. The largest absolute Gasteiger partial charge is 0.335 e. The average molecular weight is 335 g/mol. The minimum Gasteiger partial charge on any atom is -0.335 e. The maximum Gasteiger partial charge on any atom is 0.254 e. The fraction of sp³-hybridized carbons (Fsp3) is 0.462. The molecule has 2 unspecified atom stereocenters. The second-order valence-electron chi connectivity index (χ2n) is 4.62. The Labute approximate surface area is 119 Å². The fourth-order valence-electron chi connectivity index (χ4n) is 2.29. The molecule has 0 N–H and O–H groups in total. The number of carbonyl (C=O) groups is 1. The lowest BCUT2D eigenvalue weighted by molar-refractivity contribution is 0.0738. The highest BCUT2D eigenvalue weighted by Crippen LogP contribution is 2.27. The van der Waals surface area contributed by atoms with Gasteiger partial charge < -0.3 is 4.90 Å². The van der Waals surface area contributed by atoms with Crippen molar-refractivity contribution in [3.8, 4) is 0 Å². The fourth-order valence-corrected chi connectivity index (χ4v) is 3.46. The maximum atomic E-state index is 13.1. The molecule has 98 valence electrons. The molecule has 0 bridgehead atoms. The van der Waals surface area contributed by atoms with E-state index >= 15 is 0 Å². The number of rotatable bonds is 2. The number of likely N-dealkylation sites (tertiary alicyclic amines) is 1. The van der Waals surface area contributed by atoms with E-state index in [1.165, 1.54) is 18.2 Å². The van der Waals surface area contributed by atoms with Gasteiger partial charge in [-0.05, 0) is 30.5 Å². The van der Waals surface area contributed by atoms with Crippen LogP contribution in [0.2, 0.25) is 5.02 Å². The number of hydrogen-bond donors (Lipinski definition) is 0. The van der Waals surface area contributed by atoms with Crippen molar-refractivity contribution in [2.45, 2.75) is 19.4 Å². The van der Waals surface area contributed by atoms with E-state index in [-0.39, 0.29) is 17.0 Å². The Hall–Kier alpha value is -0.610. The van der Waals surface area contributed by atoms with Gasteiger partial charge in [0.2, 0.25) is 0 Å². The van der Waals surface area contributed by atoms with Crippen molar-refractivity contribution in [2.75, 3.05) is 11.9 Å². The van der Waals surface area contributed by atoms with Crippen LogP contribution >= 0.6 is 27.5 Å². The van der Waals surface area contributed by atoms with E-state index in [0.29, 0.717) is 11.5 Å². The molecular formula is C13H14BrClFNO. The first kappa shape index (κ1) is 13.8. The summed E-state index contributed by atoms with van der Waals surface area (Å²) in [5.74, 6) is -0.102. The normalized spacial score (nSPS) is 23.4. The molecule has 1 heterocycles. The predicted octanol–water partition coefficient (Wildman–Crippen LogP) is 3.72. The number of carbonyl (C=O) groups excluding carboxylic acids is 1. The van der Waals surface area contributed by atoms with Crippen LogP contribution in [0.4, 0.5) is 4.39 Å². The molecule has 1 saturated heterocycles. The molecule has 0 aromatic heterocycles. The monoisotopic (exact) mass is 333 g/mol. The number of halogens is 3. The van der Waals surface area contributed by atoms with Crippen LogP contribution in [-0.2, 0) is 0 Å². The van der Waals surface area contributed by atoms with E-state index < -0.39 is 5.82 Å². The van der Waals surface area contributed by atoms with E-state index in [1.807, 2.05) is 4.90 Å². The van der Waals surface area contributed by atoms with Gasteiger partial charge in [0.25, 0.3) is 5.91 Å². The lowest BCUT2D eigenvalue weighted by Crippen LogP contribution is -2.38. The quantitative estimate of drug-likeness (QED) is 0.755. The zero-order chi connectivity index (χ0) is 13.3. The zero-order valence-electron chi connectivity index (χ0n) is 10.00. The molecule has 0 spiro atoms. The number of benzene rings is 1. The molecule has 1 aromatic rings. The third-order valence-electron chi connectivity index (χ3n) is 3.47. The van der Waals surface area contributed by atoms with Crippen LogP contribution < -0.4 is 0 Å². The molecular weight excluding hydrogens is 321 g/mol. The van der Waals surface area contributed by atoms with Crippen LogP contribution in [0.1, 0.15) is 23.7 Å². The van der Waals surface area contributed by atoms with Gasteiger partial charge in [0, 0.05) is 23.5 Å². The van der Waals surface area contributed by atoms with E-state index in [1.54, 1.807) is 0 Å². The van der Waals surface area contributed by atoms with Crippen molar-refractivity contribution in [1.82, 2.24) is 4.90 Å². The van der Waals surface area contributed by atoms with Crippen LogP contribution in [0.3, 0.4) is 0 Å². The molecule has 0 saturated carbocycles. The summed E-state index contributed by atoms with van der Waals surface area (Å²) in [7, 11) is 0. The summed E-state index contributed by atoms with van der Waals surface area (Å²) < 4.78 is 13.1. The Kier molecular flexibility index (Phi) is 4.28. The number of amides is 1. The molecule has 1 fully saturated rings. The van der Waals surface area contributed by atoms with Gasteiger partial charge in [0.15, 0.2) is 0 Å². The van der Waals surface area contributed by atoms with Gasteiger partial charge in [0.05, 0.1) is 5.02 Å². The number of nitrogens with zero attached hydrogens (tertiary/aromatic N) is 1. The predicted molar refractivity (Wildman–Crippen MR) is 73.8 cm³/mol. The van der Waals surface area contributed by atoms with E-state index in [4.69, 9.17) is 11.6 Å². The molecule has 1 aliphatic heterocycles. The Morgan fingerprint density at radius 1 is 1.61 bits per heavy atom. The topological polar surface area (TPSA) is 20.3 Å². The molecule has 1 aromatic carbocycles. The summed E-state index contributed by atoms with van der Waals surface area (Å²) in [5.41, 5.74) is 0.446. The molecule has 0 aliphatic carbocycles. The van der Waals surface area contributed by atoms with Crippen LogP contribution in [-0.4, -0.2) is 28.7 Å². The van der Waals surface area contributed by atoms with E-state index in [2.05, 4.69) is 22.9 Å². The van der Waals surface area contributed by atoms with Gasteiger partial charge in [-0.25, -0.2) is 4.39 Å². The highest BCUT2D eigenvalue weighted by atomic mass is 79.9. The third kappa shape index (κ3) is 2.54. The standard InChI is InChI=1S/C13H14BrClFNO/c1-8-4-5-17(12(8)7-14)13(18)9-2-3-11(16)10(15)6-9/h2-3,6,8,12H,4-5,7H2,1H3. The minimum atomic E-state index is -0.500. The summed E-state index contributed by atoms with van der Waals surface area (Å²) in [5, 5.41) is 0.748. The van der Waals surface area contributed by atoms with Gasteiger partial charge in [0.1, 0.15) is 5.82 Å². The van der Waals surface area contributed by atoms with Crippen molar-refractivity contribution < 1.29 is 9.18 Å². The number of alkyl halides is 1. The maximum absolute atomic E-state index is 13.1. The summed E-state index contributed by atoms with van der Waals surface area (Å²) in [4.78, 5) is 14.2. The van der Waals surface area contributed by atoms with Gasteiger partial charge in [-0.1, -0.05) is 34.5 Å². The van der Waals surface area contributed by atoms with Gasteiger partial charge >= 0.3 is 0 Å². The molecule has 1 aliphatic rings. The minimum absolute atomic E-state index is 0.0107. The SMILES string of the molecule is CC1CCN(C(=O)c2ccc(F)c(Cl)c2)C1CBr. The van der Waals surface area contributed by atoms with Gasteiger partial charge in [-0.15, -0.1) is 0 Å². The molecule has 1 amide bonds. The number of hydrogen-bond acceptors (Lipinski definition) is 1. The molecule has 2 rings (SSSR count). The Balaban J connectivity index is 2.23. The first-order valence-electron chi connectivity index (χ1n) is 5.86. The first-order chi connectivity index (χ1) is 8.54. The summed E-state index contributed by atoms with van der Waals surface area (Å²) in [6.07, 6.45) is 0.997. The molecule has 2 nitrogen and oxygen atoms in total. The third-order valence-corrected chi connectivity index (χ3v) is 4.42. The Morgan fingerprint density at radius 3 is 2.94 bits per heavy atom. The zero-order valence-corrected chi connectivity index (χ0v) is 12.3. The lowest BCUT2D eigenvalue weighted by atomic mass is 10.0. The average Bonchev–Trinajstić information content (AvgIpc) is 2.73. The van der Waals surface area contributed by atoms with Crippen LogP contribution in [0.15, 0.2) is 18.2 Å². The molecule has 18 heavy (non-hydrogen) atoms. The van der Waals surface area contributed by atoms with Crippen molar-refractivity contribution in [2.24, 2.45) is 5.92 Å². The van der Waals surface area contributed by atoms with Crippen LogP contribution in [0.5, 0.6) is 0 Å². The molecule has 2 atom stereocenters. The van der Waals surface area contributed by atoms with Crippen molar-refractivity contribution in [1.29, 1.82) is 0 Å². The van der Waals surface area contributed by atoms with Crippen LogP contribution in [0, 0.1) is 11.7 Å². The van der Waals surface area contributed by atoms with Crippen molar-refractivity contribution >= 4 is 33.4 Å². The molecule has 0 radical (unpaired) electrons. The second kappa shape index (κ2) is 5.57. The Morgan fingerprint density at radius 2 is 2.33 bits per heavy atom. The Bertz CT molecular complexity index is 468. The summed E-state index contributed by atoms with van der Waals surface area (Å²) in [6.45, 7) is 2.88.